The first-order chi connectivity index (χ1) is 8.39. The van der Waals surface area contributed by atoms with Gasteiger partial charge >= 0.3 is 5.97 Å². The van der Waals surface area contributed by atoms with Crippen LogP contribution in [0.25, 0.3) is 0 Å². The van der Waals surface area contributed by atoms with E-state index >= 15 is 0 Å². The third kappa shape index (κ3) is 3.41. The molecule has 0 aliphatic carbocycles. The number of nitrogens with zero attached hydrogens (tertiary/aromatic N) is 1. The largest absolute Gasteiger partial charge is 0.480 e. The van der Waals surface area contributed by atoms with Gasteiger partial charge in [0.05, 0.1) is 6.61 Å². The molecule has 0 saturated carbocycles. The number of aliphatic hydroxyl groups is 1. The fourth-order valence-corrected chi connectivity index (χ4v) is 1.41. The van der Waals surface area contributed by atoms with Gasteiger partial charge < -0.3 is 21.3 Å². The highest BCUT2D eigenvalue weighted by Gasteiger charge is 2.39. The summed E-state index contributed by atoms with van der Waals surface area (Å²) in [5.41, 5.74) is 4.29. The van der Waals surface area contributed by atoms with Gasteiger partial charge in [0.25, 0.3) is 5.91 Å². The minimum Gasteiger partial charge on any atom is -0.480 e. The number of aliphatic hydroxyl groups excluding tert-OH is 1. The van der Waals surface area contributed by atoms with Crippen LogP contribution in [0.4, 0.5) is 0 Å². The smallest absolute Gasteiger partial charge is 0.320 e. The van der Waals surface area contributed by atoms with E-state index in [2.05, 4.69) is 15.6 Å². The van der Waals surface area contributed by atoms with Crippen molar-refractivity contribution >= 4 is 17.8 Å². The molecule has 0 spiro atoms. The first-order valence-electron chi connectivity index (χ1n) is 5.62. The number of hydrogen-bond donors (Lipinski definition) is 5. The topological polar surface area (TPSA) is 137 Å². The van der Waals surface area contributed by atoms with Crippen molar-refractivity contribution in [2.75, 3.05) is 13.2 Å². The number of guanidine groups is 1. The third-order valence-electron chi connectivity index (χ3n) is 2.70. The number of hydrogen-bond acceptors (Lipinski definition) is 5. The van der Waals surface area contributed by atoms with Crippen LogP contribution in [0, 0.1) is 0 Å². The molecule has 6 N–H and O–H groups in total. The van der Waals surface area contributed by atoms with E-state index in [1.165, 1.54) is 0 Å². The first-order valence-corrected chi connectivity index (χ1v) is 5.62. The average molecular weight is 258 g/mol. The lowest BCUT2D eigenvalue weighted by Crippen LogP contribution is -2.47. The van der Waals surface area contributed by atoms with Crippen molar-refractivity contribution in [3.63, 3.8) is 0 Å². The van der Waals surface area contributed by atoms with Crippen LogP contribution >= 0.6 is 0 Å². The van der Waals surface area contributed by atoms with E-state index in [-0.39, 0.29) is 12.5 Å². The molecule has 0 aromatic carbocycles. The Morgan fingerprint density at radius 3 is 2.78 bits per heavy atom. The Morgan fingerprint density at radius 1 is 1.61 bits per heavy atom. The number of nitrogens with two attached hydrogens (primary N) is 1. The van der Waals surface area contributed by atoms with Gasteiger partial charge in [-0.15, -0.1) is 0 Å². The summed E-state index contributed by atoms with van der Waals surface area (Å²) in [4.78, 5) is 26.0. The molecule has 1 heterocycles. The molecular formula is C10H18N4O4. The Labute approximate surface area is 104 Å². The standard InChI is InChI=1S/C10H18N4O4/c1-10(5-15)8(18)13-9(14-10)12-4-2-3-6(11)7(16)17/h6,15H,2-5,11H2,1H3,(H,16,17)(H2,12,13,14,18). The van der Waals surface area contributed by atoms with Gasteiger partial charge in [0.15, 0.2) is 5.96 Å². The summed E-state index contributed by atoms with van der Waals surface area (Å²) in [6, 6.07) is -0.890. The van der Waals surface area contributed by atoms with Gasteiger partial charge in [0.2, 0.25) is 0 Å². The van der Waals surface area contributed by atoms with Gasteiger partial charge in [-0.1, -0.05) is 0 Å². The number of carbonyl (C=O) groups excluding carboxylic acids is 1. The molecule has 1 aliphatic rings. The van der Waals surface area contributed by atoms with Gasteiger partial charge in [0, 0.05) is 6.54 Å². The summed E-state index contributed by atoms with van der Waals surface area (Å²) >= 11 is 0. The summed E-state index contributed by atoms with van der Waals surface area (Å²) in [6.45, 7) is 1.58. The lowest BCUT2D eigenvalue weighted by Gasteiger charge is -2.16. The van der Waals surface area contributed by atoms with Crippen LogP contribution in [0.3, 0.4) is 0 Å². The average Bonchev–Trinajstić information content (AvgIpc) is 2.61. The highest BCUT2D eigenvalue weighted by molar-refractivity contribution is 6.08. The van der Waals surface area contributed by atoms with Gasteiger partial charge in [0.1, 0.15) is 11.6 Å². The zero-order valence-corrected chi connectivity index (χ0v) is 10.1. The van der Waals surface area contributed by atoms with Crippen molar-refractivity contribution in [2.24, 2.45) is 10.7 Å². The second kappa shape index (κ2) is 5.78. The molecule has 1 aliphatic heterocycles. The predicted molar refractivity (Wildman–Crippen MR) is 63.9 cm³/mol. The second-order valence-electron chi connectivity index (χ2n) is 4.39. The lowest BCUT2D eigenvalue weighted by atomic mass is 10.1. The summed E-state index contributed by atoms with van der Waals surface area (Å²) in [7, 11) is 0. The molecule has 2 unspecified atom stereocenters. The van der Waals surface area contributed by atoms with Gasteiger partial charge in [-0.05, 0) is 19.8 Å². The van der Waals surface area contributed by atoms with Crippen molar-refractivity contribution in [3.8, 4) is 0 Å². The number of carboxylic acids is 1. The molecule has 8 nitrogen and oxygen atoms in total. The summed E-state index contributed by atoms with van der Waals surface area (Å²) in [6.07, 6.45) is 0.821. The van der Waals surface area contributed by atoms with Gasteiger partial charge in [-0.25, -0.2) is 0 Å². The Morgan fingerprint density at radius 2 is 2.28 bits per heavy atom. The Balaban J connectivity index is 2.37. The fraction of sp³-hybridized carbons (Fsp3) is 0.700. The van der Waals surface area contributed by atoms with E-state index in [1.54, 1.807) is 6.92 Å². The normalized spacial score (nSPS) is 26.8. The van der Waals surface area contributed by atoms with Gasteiger partial charge in [-0.3, -0.25) is 19.9 Å². The SMILES string of the molecule is CC1(CO)NC(=NCCCC(N)C(=O)O)NC1=O. The number of carbonyl (C=O) groups is 2. The minimum absolute atomic E-state index is 0.292. The molecule has 1 rings (SSSR count). The first kappa shape index (κ1) is 14.4. The van der Waals surface area contributed by atoms with Crippen molar-refractivity contribution in [2.45, 2.75) is 31.3 Å². The van der Waals surface area contributed by atoms with Crippen LogP contribution < -0.4 is 16.4 Å². The number of rotatable bonds is 6. The maximum atomic E-state index is 11.5. The monoisotopic (exact) mass is 258 g/mol. The number of aliphatic carboxylic acids is 1. The molecule has 0 bridgehead atoms. The molecule has 1 amide bonds. The molecule has 18 heavy (non-hydrogen) atoms. The van der Waals surface area contributed by atoms with Crippen LogP contribution in [0.2, 0.25) is 0 Å². The zero-order valence-electron chi connectivity index (χ0n) is 10.1. The maximum absolute atomic E-state index is 11.5. The zero-order chi connectivity index (χ0) is 13.8. The van der Waals surface area contributed by atoms with Crippen molar-refractivity contribution in [1.82, 2.24) is 10.6 Å². The number of aliphatic imine (C=N–C) groups is 1. The van der Waals surface area contributed by atoms with Crippen molar-refractivity contribution in [3.05, 3.63) is 0 Å². The van der Waals surface area contributed by atoms with Crippen LogP contribution in [0.15, 0.2) is 4.99 Å². The molecule has 1 fully saturated rings. The summed E-state index contributed by atoms with van der Waals surface area (Å²) in [5, 5.41) is 22.9. The van der Waals surface area contributed by atoms with Crippen LogP contribution in [0.1, 0.15) is 19.8 Å². The molecule has 2 atom stereocenters. The number of carboxylic acid groups (broad SMARTS) is 1. The predicted octanol–water partition coefficient (Wildman–Crippen LogP) is -2.00. The molecular weight excluding hydrogens is 240 g/mol. The molecule has 8 heteroatoms. The lowest BCUT2D eigenvalue weighted by molar-refractivity contribution is -0.138. The fourth-order valence-electron chi connectivity index (χ4n) is 1.41. The summed E-state index contributed by atoms with van der Waals surface area (Å²) in [5.74, 6) is -1.09. The molecule has 0 aromatic heterocycles. The second-order valence-corrected chi connectivity index (χ2v) is 4.39. The molecule has 1 saturated heterocycles. The quantitative estimate of drug-likeness (QED) is 0.350. The Hall–Kier alpha value is -1.67. The van der Waals surface area contributed by atoms with Crippen molar-refractivity contribution in [1.29, 1.82) is 0 Å². The highest BCUT2D eigenvalue weighted by atomic mass is 16.4. The van der Waals surface area contributed by atoms with Crippen LogP contribution in [0.5, 0.6) is 0 Å². The molecule has 0 radical (unpaired) electrons. The molecule has 0 aromatic rings. The van der Waals surface area contributed by atoms with Crippen molar-refractivity contribution < 1.29 is 19.8 Å². The summed E-state index contributed by atoms with van der Waals surface area (Å²) < 4.78 is 0. The highest BCUT2D eigenvalue weighted by Crippen LogP contribution is 2.08. The van der Waals surface area contributed by atoms with E-state index in [9.17, 15) is 9.59 Å². The maximum Gasteiger partial charge on any atom is 0.320 e. The van der Waals surface area contributed by atoms with Crippen LogP contribution in [-0.4, -0.2) is 52.8 Å². The Bertz CT molecular complexity index is 371. The van der Waals surface area contributed by atoms with E-state index < -0.39 is 17.6 Å². The number of nitrogens with one attached hydrogen (secondary N) is 2. The van der Waals surface area contributed by atoms with E-state index in [1.807, 2.05) is 0 Å². The van der Waals surface area contributed by atoms with Crippen LogP contribution in [-0.2, 0) is 9.59 Å². The van der Waals surface area contributed by atoms with E-state index in [0.717, 1.165) is 0 Å². The Kier molecular flexibility index (Phi) is 4.62. The molecule has 102 valence electrons. The minimum atomic E-state index is -1.05. The van der Waals surface area contributed by atoms with E-state index in [0.29, 0.717) is 25.3 Å². The van der Waals surface area contributed by atoms with Gasteiger partial charge in [-0.2, -0.15) is 0 Å². The number of amides is 1. The van der Waals surface area contributed by atoms with E-state index in [4.69, 9.17) is 15.9 Å². The third-order valence-corrected chi connectivity index (χ3v) is 2.70.